The van der Waals surface area contributed by atoms with Gasteiger partial charge in [0.1, 0.15) is 0 Å². The Bertz CT molecular complexity index is 431. The molecule has 3 saturated carbocycles. The van der Waals surface area contributed by atoms with Crippen LogP contribution in [0.4, 0.5) is 0 Å². The number of carbonyl (C=O) groups excluding carboxylic acids is 2. The van der Waals surface area contributed by atoms with E-state index in [2.05, 4.69) is 31.9 Å². The first-order valence-corrected chi connectivity index (χ1v) is 9.59. The second-order valence-electron chi connectivity index (χ2n) is 6.84. The van der Waals surface area contributed by atoms with Gasteiger partial charge in [-0.25, -0.2) is 0 Å². The van der Waals surface area contributed by atoms with Gasteiger partial charge in [0.25, 0.3) is 0 Å². The van der Waals surface area contributed by atoms with E-state index in [1.54, 1.807) is 4.90 Å². The second-order valence-corrected chi connectivity index (χ2v) is 8.96. The van der Waals surface area contributed by atoms with Gasteiger partial charge in [-0.2, -0.15) is 0 Å². The van der Waals surface area contributed by atoms with Crippen molar-refractivity contribution in [3.8, 4) is 0 Å². The van der Waals surface area contributed by atoms with E-state index in [9.17, 15) is 9.59 Å². The Morgan fingerprint density at radius 2 is 1.35 bits per heavy atom. The first-order valence-electron chi connectivity index (χ1n) is 7.76. The third-order valence-corrected chi connectivity index (χ3v) is 9.17. The minimum Gasteiger partial charge on any atom is -0.279 e. The number of imide groups is 1. The third-order valence-electron chi connectivity index (χ3n) is 5.96. The molecular formula is C15H19Br2NO2. The van der Waals surface area contributed by atoms with Crippen molar-refractivity contribution in [1.82, 2.24) is 4.90 Å². The van der Waals surface area contributed by atoms with Crippen LogP contribution < -0.4 is 0 Å². The number of likely N-dealkylation sites (tertiary alicyclic amines) is 1. The normalized spacial score (nSPS) is 48.2. The fraction of sp³-hybridized carbons (Fsp3) is 0.867. The number of hydrogen-bond donors (Lipinski definition) is 0. The lowest BCUT2D eigenvalue weighted by atomic mass is 9.81. The highest BCUT2D eigenvalue weighted by Gasteiger charge is 2.66. The smallest absolute Gasteiger partial charge is 0.233 e. The molecule has 3 nitrogen and oxygen atoms in total. The molecule has 2 amide bonds. The summed E-state index contributed by atoms with van der Waals surface area (Å²) in [4.78, 5) is 28.0. The molecule has 0 N–H and O–H groups in total. The van der Waals surface area contributed by atoms with E-state index < -0.39 is 0 Å². The monoisotopic (exact) mass is 403 g/mol. The first-order chi connectivity index (χ1) is 9.61. The Morgan fingerprint density at radius 1 is 0.850 bits per heavy atom. The van der Waals surface area contributed by atoms with Crippen molar-refractivity contribution in [2.75, 3.05) is 0 Å². The lowest BCUT2D eigenvalue weighted by molar-refractivity contribution is -0.144. The van der Waals surface area contributed by atoms with Gasteiger partial charge in [0.2, 0.25) is 11.8 Å². The second kappa shape index (κ2) is 4.80. The maximum Gasteiger partial charge on any atom is 0.233 e. The molecule has 0 spiro atoms. The van der Waals surface area contributed by atoms with Crippen molar-refractivity contribution in [3.05, 3.63) is 0 Å². The van der Waals surface area contributed by atoms with E-state index in [4.69, 9.17) is 0 Å². The molecule has 3 aliphatic carbocycles. The van der Waals surface area contributed by atoms with Crippen LogP contribution in [-0.4, -0.2) is 32.4 Å². The number of alkyl halides is 2. The zero-order valence-electron chi connectivity index (χ0n) is 11.3. The van der Waals surface area contributed by atoms with Crippen molar-refractivity contribution in [2.45, 2.75) is 54.2 Å². The summed E-state index contributed by atoms with van der Waals surface area (Å²) in [6, 6.07) is 0.191. The topological polar surface area (TPSA) is 37.4 Å². The fourth-order valence-electron chi connectivity index (χ4n) is 5.07. The molecule has 5 heteroatoms. The standard InChI is InChI=1S/C15H19Br2NO2/c16-12-8-6-9(13(12)17)11-10(8)14(19)18(15(11)20)7-4-2-1-3-5-7/h7-13H,1-6H2/t8-,9-,10-,11-,12+,13+/m1/s1. The molecule has 0 aromatic heterocycles. The molecule has 0 aromatic carbocycles. The number of carbonyl (C=O) groups is 2. The molecule has 4 fully saturated rings. The van der Waals surface area contributed by atoms with E-state index in [0.29, 0.717) is 21.5 Å². The number of amides is 2. The number of fused-ring (bicyclic) bond motifs is 5. The van der Waals surface area contributed by atoms with Crippen LogP contribution >= 0.6 is 31.9 Å². The van der Waals surface area contributed by atoms with E-state index >= 15 is 0 Å². The van der Waals surface area contributed by atoms with Crippen molar-refractivity contribution in [3.63, 3.8) is 0 Å². The van der Waals surface area contributed by atoms with Gasteiger partial charge in [-0.3, -0.25) is 14.5 Å². The molecule has 0 radical (unpaired) electrons. The van der Waals surface area contributed by atoms with Gasteiger partial charge in [-0.15, -0.1) is 0 Å². The Morgan fingerprint density at radius 3 is 1.85 bits per heavy atom. The van der Waals surface area contributed by atoms with Crippen LogP contribution in [0.1, 0.15) is 38.5 Å². The van der Waals surface area contributed by atoms with Crippen LogP contribution in [0, 0.1) is 23.7 Å². The lowest BCUT2D eigenvalue weighted by Gasteiger charge is -2.30. The van der Waals surface area contributed by atoms with Crippen molar-refractivity contribution >= 4 is 43.7 Å². The van der Waals surface area contributed by atoms with E-state index in [1.807, 2.05) is 0 Å². The highest BCUT2D eigenvalue weighted by atomic mass is 79.9. The maximum absolute atomic E-state index is 12.8. The minimum atomic E-state index is -0.0346. The Labute approximate surface area is 136 Å². The number of hydrogen-bond acceptors (Lipinski definition) is 2. The van der Waals surface area contributed by atoms with Crippen LogP contribution in [-0.2, 0) is 9.59 Å². The molecule has 0 aromatic rings. The molecule has 2 bridgehead atoms. The van der Waals surface area contributed by atoms with Gasteiger partial charge in [0.05, 0.1) is 11.8 Å². The summed E-state index contributed by atoms with van der Waals surface area (Å²) >= 11 is 7.46. The highest BCUT2D eigenvalue weighted by Crippen LogP contribution is 2.60. The quantitative estimate of drug-likeness (QED) is 0.497. The number of nitrogens with zero attached hydrogens (tertiary/aromatic N) is 1. The van der Waals surface area contributed by atoms with Gasteiger partial charge in [-0.05, 0) is 31.1 Å². The van der Waals surface area contributed by atoms with E-state index in [1.165, 1.54) is 6.42 Å². The minimum absolute atomic E-state index is 0.0346. The first kappa shape index (κ1) is 13.7. The summed E-state index contributed by atoms with van der Waals surface area (Å²) in [6.45, 7) is 0. The van der Waals surface area contributed by atoms with Gasteiger partial charge in [0.15, 0.2) is 0 Å². The molecule has 1 saturated heterocycles. The largest absolute Gasteiger partial charge is 0.279 e. The predicted octanol–water partition coefficient (Wildman–Crippen LogP) is 3.10. The van der Waals surface area contributed by atoms with E-state index in [0.717, 1.165) is 32.1 Å². The summed E-state index contributed by atoms with van der Waals surface area (Å²) in [5, 5.41) is 0. The molecule has 6 atom stereocenters. The van der Waals surface area contributed by atoms with Crippen LogP contribution in [0.3, 0.4) is 0 Å². The molecule has 0 unspecified atom stereocenters. The molecule has 4 rings (SSSR count). The van der Waals surface area contributed by atoms with Crippen LogP contribution in [0.2, 0.25) is 0 Å². The molecule has 1 aliphatic heterocycles. The van der Waals surface area contributed by atoms with Gasteiger partial charge < -0.3 is 0 Å². The average molecular weight is 405 g/mol. The Balaban J connectivity index is 1.63. The van der Waals surface area contributed by atoms with Crippen LogP contribution in [0.5, 0.6) is 0 Å². The molecule has 110 valence electrons. The van der Waals surface area contributed by atoms with Crippen LogP contribution in [0.15, 0.2) is 0 Å². The Kier molecular flexibility index (Phi) is 3.30. The summed E-state index contributed by atoms with van der Waals surface area (Å²) in [5.74, 6) is 0.908. The van der Waals surface area contributed by atoms with Crippen molar-refractivity contribution in [2.24, 2.45) is 23.7 Å². The van der Waals surface area contributed by atoms with Gasteiger partial charge >= 0.3 is 0 Å². The molecular weight excluding hydrogens is 386 g/mol. The van der Waals surface area contributed by atoms with Gasteiger partial charge in [0, 0.05) is 15.7 Å². The fourth-order valence-corrected chi connectivity index (χ4v) is 6.94. The highest BCUT2D eigenvalue weighted by molar-refractivity contribution is 9.12. The molecule has 1 heterocycles. The van der Waals surface area contributed by atoms with Gasteiger partial charge in [-0.1, -0.05) is 51.1 Å². The predicted molar refractivity (Wildman–Crippen MR) is 82.7 cm³/mol. The van der Waals surface area contributed by atoms with Crippen molar-refractivity contribution in [1.29, 1.82) is 0 Å². The third kappa shape index (κ3) is 1.68. The SMILES string of the molecule is O=C1[C@@H]2[C@H]3C[C@@H]([C@H](Br)[C@H]3Br)[C@H]2C(=O)N1C1CCCCC1. The number of halogens is 2. The summed E-state index contributed by atoms with van der Waals surface area (Å²) in [6.07, 6.45) is 6.62. The average Bonchev–Trinajstić information content (AvgIpc) is 3.05. The molecule has 4 aliphatic rings. The number of rotatable bonds is 1. The molecule has 20 heavy (non-hydrogen) atoms. The zero-order chi connectivity index (χ0) is 14.0. The van der Waals surface area contributed by atoms with E-state index in [-0.39, 0.29) is 29.7 Å². The van der Waals surface area contributed by atoms with Crippen LogP contribution in [0.25, 0.3) is 0 Å². The van der Waals surface area contributed by atoms with Crippen molar-refractivity contribution < 1.29 is 9.59 Å². The zero-order valence-corrected chi connectivity index (χ0v) is 14.5. The summed E-state index contributed by atoms with van der Waals surface area (Å²) in [5.41, 5.74) is 0. The summed E-state index contributed by atoms with van der Waals surface area (Å²) in [7, 11) is 0. The summed E-state index contributed by atoms with van der Waals surface area (Å²) < 4.78 is 0. The Hall–Kier alpha value is 0.1000. The maximum atomic E-state index is 12.8. The lowest BCUT2D eigenvalue weighted by Crippen LogP contribution is -2.42.